The van der Waals surface area contributed by atoms with E-state index in [9.17, 15) is 15.0 Å². The molecule has 0 amide bonds. The number of carbonyl (C=O) groups excluding carboxylic acids is 1. The van der Waals surface area contributed by atoms with Crippen molar-refractivity contribution in [2.45, 2.75) is 32.7 Å². The van der Waals surface area contributed by atoms with Gasteiger partial charge in [-0.05, 0) is 98.1 Å². The van der Waals surface area contributed by atoms with Crippen LogP contribution in [-0.2, 0) is 0 Å². The van der Waals surface area contributed by atoms with E-state index in [1.807, 2.05) is 24.3 Å². The number of rotatable bonds is 8. The van der Waals surface area contributed by atoms with E-state index in [0.29, 0.717) is 23.8 Å². The molecule has 2 N–H and O–H groups in total. The first-order valence-corrected chi connectivity index (χ1v) is 13.3. The third-order valence-electron chi connectivity index (χ3n) is 7.16. The lowest BCUT2D eigenvalue weighted by Gasteiger charge is -2.24. The van der Waals surface area contributed by atoms with E-state index in [-0.39, 0.29) is 17.3 Å². The lowest BCUT2D eigenvalue weighted by Crippen LogP contribution is -2.35. The summed E-state index contributed by atoms with van der Waals surface area (Å²) < 4.78 is 6.90. The van der Waals surface area contributed by atoms with Crippen LogP contribution in [0, 0.1) is 5.92 Å². The predicted octanol–water partition coefficient (Wildman–Crippen LogP) is 6.71. The molecular formula is C30H31NO4S. The molecule has 0 spiro atoms. The van der Waals surface area contributed by atoms with Crippen LogP contribution in [0.3, 0.4) is 0 Å². The van der Waals surface area contributed by atoms with Gasteiger partial charge in [-0.3, -0.25) is 9.69 Å². The third kappa shape index (κ3) is 4.97. The molecule has 1 fully saturated rings. The lowest BCUT2D eigenvalue weighted by molar-refractivity contribution is 0.104. The number of benzene rings is 3. The maximum absolute atomic E-state index is 13.7. The quantitative estimate of drug-likeness (QED) is 0.263. The highest BCUT2D eigenvalue weighted by Crippen LogP contribution is 2.41. The Bertz CT molecular complexity index is 1360. The Labute approximate surface area is 215 Å². The van der Waals surface area contributed by atoms with Crippen LogP contribution in [0.2, 0.25) is 0 Å². The van der Waals surface area contributed by atoms with Crippen molar-refractivity contribution in [3.8, 4) is 27.7 Å². The van der Waals surface area contributed by atoms with Gasteiger partial charge >= 0.3 is 0 Å². The van der Waals surface area contributed by atoms with Gasteiger partial charge < -0.3 is 14.9 Å². The van der Waals surface area contributed by atoms with Crippen LogP contribution in [0.1, 0.15) is 42.6 Å². The molecule has 5 nitrogen and oxygen atoms in total. The second-order valence-electron chi connectivity index (χ2n) is 9.60. The second kappa shape index (κ2) is 10.3. The summed E-state index contributed by atoms with van der Waals surface area (Å²) in [6.45, 7) is 7.36. The molecule has 0 radical (unpaired) electrons. The third-order valence-corrected chi connectivity index (χ3v) is 8.36. The van der Waals surface area contributed by atoms with Gasteiger partial charge in [0.2, 0.25) is 0 Å². The van der Waals surface area contributed by atoms with Gasteiger partial charge in [0, 0.05) is 38.7 Å². The van der Waals surface area contributed by atoms with Crippen molar-refractivity contribution in [2.24, 2.45) is 5.92 Å². The molecule has 186 valence electrons. The van der Waals surface area contributed by atoms with Crippen molar-refractivity contribution < 1.29 is 19.7 Å². The van der Waals surface area contributed by atoms with E-state index in [0.717, 1.165) is 45.3 Å². The molecule has 6 heteroatoms. The number of thiophene rings is 1. The topological polar surface area (TPSA) is 70.0 Å². The smallest absolute Gasteiger partial charge is 0.195 e. The van der Waals surface area contributed by atoms with Crippen molar-refractivity contribution in [1.82, 2.24) is 4.90 Å². The van der Waals surface area contributed by atoms with Gasteiger partial charge in [-0.2, -0.15) is 0 Å². The van der Waals surface area contributed by atoms with Crippen LogP contribution in [0.15, 0.2) is 66.7 Å². The highest BCUT2D eigenvalue weighted by atomic mass is 32.1. The van der Waals surface area contributed by atoms with Crippen LogP contribution in [-0.4, -0.2) is 46.6 Å². The number of fused-ring (bicyclic) bond motifs is 1. The number of phenolic OH excluding ortho intramolecular Hbond substituents is 2. The molecule has 4 aromatic rings. The highest BCUT2D eigenvalue weighted by Gasteiger charge is 2.25. The summed E-state index contributed by atoms with van der Waals surface area (Å²) in [6, 6.07) is 19.6. The maximum atomic E-state index is 13.7. The number of hydrogen-bond donors (Lipinski definition) is 2. The van der Waals surface area contributed by atoms with Gasteiger partial charge in [0.25, 0.3) is 0 Å². The number of phenols is 2. The molecule has 2 heterocycles. The average molecular weight is 502 g/mol. The molecule has 5 rings (SSSR count). The first-order chi connectivity index (χ1) is 17.4. The van der Waals surface area contributed by atoms with E-state index in [1.54, 1.807) is 42.5 Å². The van der Waals surface area contributed by atoms with E-state index in [4.69, 9.17) is 4.74 Å². The first kappa shape index (κ1) is 24.3. The Morgan fingerprint density at radius 3 is 2.47 bits per heavy atom. The second-order valence-corrected chi connectivity index (χ2v) is 10.7. The summed E-state index contributed by atoms with van der Waals surface area (Å²) in [5.41, 5.74) is 2.02. The Kier molecular flexibility index (Phi) is 6.99. The van der Waals surface area contributed by atoms with E-state index < -0.39 is 0 Å². The molecule has 1 saturated heterocycles. The summed E-state index contributed by atoms with van der Waals surface area (Å²) >= 11 is 1.46. The lowest BCUT2D eigenvalue weighted by atomic mass is 9.97. The van der Waals surface area contributed by atoms with Crippen LogP contribution >= 0.6 is 11.3 Å². The standard InChI is InChI=1S/C30H31NO4S/c1-3-20-14-15-31(17-20)19(2)18-35-25-11-6-21(7-12-25)29(34)28-26-13-10-24(33)16-27(26)36-30(28)22-4-8-23(32)9-5-22/h4-13,16,19-20,32-33H,3,14-15,17-18H2,1-2H3/t19-,20+/m0/s1. The fraction of sp³-hybridized carbons (Fsp3) is 0.300. The zero-order valence-corrected chi connectivity index (χ0v) is 21.4. The summed E-state index contributed by atoms with van der Waals surface area (Å²) in [6.07, 6.45) is 2.50. The van der Waals surface area contributed by atoms with Gasteiger partial charge in [-0.25, -0.2) is 0 Å². The number of ketones is 1. The minimum Gasteiger partial charge on any atom is -0.508 e. The zero-order valence-electron chi connectivity index (χ0n) is 20.6. The van der Waals surface area contributed by atoms with E-state index in [2.05, 4.69) is 18.7 Å². The first-order valence-electron chi connectivity index (χ1n) is 12.5. The molecule has 1 aliphatic heterocycles. The summed E-state index contributed by atoms with van der Waals surface area (Å²) in [5, 5.41) is 20.5. The molecule has 0 unspecified atom stereocenters. The molecule has 1 aromatic heterocycles. The van der Waals surface area contributed by atoms with Gasteiger partial charge in [-0.15, -0.1) is 11.3 Å². The van der Waals surface area contributed by atoms with Gasteiger partial charge in [0.15, 0.2) is 5.78 Å². The van der Waals surface area contributed by atoms with Gasteiger partial charge in [0.05, 0.1) is 0 Å². The van der Waals surface area contributed by atoms with Gasteiger partial charge in [-0.1, -0.05) is 13.3 Å². The largest absolute Gasteiger partial charge is 0.508 e. The summed E-state index contributed by atoms with van der Waals surface area (Å²) in [7, 11) is 0. The van der Waals surface area contributed by atoms with Crippen LogP contribution in [0.4, 0.5) is 0 Å². The maximum Gasteiger partial charge on any atom is 0.195 e. The number of carbonyl (C=O) groups is 1. The van der Waals surface area contributed by atoms with Crippen LogP contribution in [0.25, 0.3) is 20.5 Å². The average Bonchev–Trinajstić information content (AvgIpc) is 3.52. The fourth-order valence-electron chi connectivity index (χ4n) is 4.89. The van der Waals surface area contributed by atoms with Crippen LogP contribution < -0.4 is 4.74 Å². The normalized spacial score (nSPS) is 16.9. The molecule has 2 atom stereocenters. The van der Waals surface area contributed by atoms with Gasteiger partial charge in [0.1, 0.15) is 23.9 Å². The minimum atomic E-state index is -0.0855. The molecule has 1 aliphatic rings. The van der Waals surface area contributed by atoms with E-state index in [1.165, 1.54) is 24.2 Å². The Morgan fingerprint density at radius 2 is 1.78 bits per heavy atom. The molecule has 0 saturated carbocycles. The number of nitrogens with zero attached hydrogens (tertiary/aromatic N) is 1. The van der Waals surface area contributed by atoms with Crippen molar-refractivity contribution in [1.29, 1.82) is 0 Å². The monoisotopic (exact) mass is 501 g/mol. The predicted molar refractivity (Wildman–Crippen MR) is 145 cm³/mol. The SMILES string of the molecule is CC[C@@H]1CCN([C@@H](C)COc2ccc(C(=O)c3c(-c4ccc(O)cc4)sc4cc(O)ccc34)cc2)C1. The molecular weight excluding hydrogens is 470 g/mol. The van der Waals surface area contributed by atoms with Crippen molar-refractivity contribution in [3.63, 3.8) is 0 Å². The van der Waals surface area contributed by atoms with Crippen molar-refractivity contribution in [3.05, 3.63) is 77.9 Å². The van der Waals surface area contributed by atoms with Crippen molar-refractivity contribution in [2.75, 3.05) is 19.7 Å². The summed E-state index contributed by atoms with van der Waals surface area (Å²) in [5.74, 6) is 1.79. The number of likely N-dealkylation sites (tertiary alicyclic amines) is 1. The Morgan fingerprint density at radius 1 is 1.06 bits per heavy atom. The number of hydrogen-bond acceptors (Lipinski definition) is 6. The van der Waals surface area contributed by atoms with E-state index >= 15 is 0 Å². The number of aromatic hydroxyl groups is 2. The number of ether oxygens (including phenoxy) is 1. The minimum absolute atomic E-state index is 0.0855. The zero-order chi connectivity index (χ0) is 25.2. The molecule has 36 heavy (non-hydrogen) atoms. The Balaban J connectivity index is 1.37. The molecule has 0 bridgehead atoms. The summed E-state index contributed by atoms with van der Waals surface area (Å²) in [4.78, 5) is 17.0. The fourth-order valence-corrected chi connectivity index (χ4v) is 6.13. The Hall–Kier alpha value is -3.35. The molecule has 3 aromatic carbocycles. The highest BCUT2D eigenvalue weighted by molar-refractivity contribution is 7.22. The van der Waals surface area contributed by atoms with Crippen LogP contribution in [0.5, 0.6) is 17.2 Å². The molecule has 0 aliphatic carbocycles. The van der Waals surface area contributed by atoms with Crippen molar-refractivity contribution >= 4 is 27.2 Å².